The van der Waals surface area contributed by atoms with Crippen LogP contribution in [0.3, 0.4) is 0 Å². The van der Waals surface area contributed by atoms with Crippen molar-refractivity contribution in [1.82, 2.24) is 25.2 Å². The molecular formula is C34H34F2N6O2S. The predicted octanol–water partition coefficient (Wildman–Crippen LogP) is 5.10. The van der Waals surface area contributed by atoms with Gasteiger partial charge in [0, 0.05) is 54.1 Å². The van der Waals surface area contributed by atoms with Crippen molar-refractivity contribution in [2.45, 2.75) is 55.0 Å². The van der Waals surface area contributed by atoms with Crippen molar-refractivity contribution in [2.75, 3.05) is 43.9 Å². The van der Waals surface area contributed by atoms with Gasteiger partial charge in [-0.2, -0.15) is 21.7 Å². The molecular weight excluding hydrogens is 594 g/mol. The maximum Gasteiger partial charge on any atom is 0.319 e. The quantitative estimate of drug-likeness (QED) is 0.284. The molecule has 0 amide bonds. The molecule has 11 heteroatoms. The highest BCUT2D eigenvalue weighted by Gasteiger charge is 2.49. The second-order valence-electron chi connectivity index (χ2n) is 12.8. The number of phenolic OH excluding ortho intramolecular Hbond substituents is 1. The van der Waals surface area contributed by atoms with Gasteiger partial charge < -0.3 is 20.1 Å². The maximum atomic E-state index is 16.8. The Balaban J connectivity index is 1.26. The minimum Gasteiger partial charge on any atom is -0.508 e. The fourth-order valence-corrected chi connectivity index (χ4v) is 8.87. The van der Waals surface area contributed by atoms with Crippen LogP contribution in [0.1, 0.15) is 37.7 Å². The van der Waals surface area contributed by atoms with E-state index in [0.717, 1.165) is 58.3 Å². The number of fused-ring (bicyclic) bond motifs is 5. The number of phenols is 1. The second kappa shape index (κ2) is 11.0. The van der Waals surface area contributed by atoms with E-state index in [9.17, 15) is 9.50 Å². The Morgan fingerprint density at radius 1 is 1.18 bits per heavy atom. The highest BCUT2D eigenvalue weighted by atomic mass is 32.2. The second-order valence-corrected chi connectivity index (χ2v) is 14.0. The molecule has 0 radical (unpaired) electrons. The summed E-state index contributed by atoms with van der Waals surface area (Å²) in [5.74, 6) is 1.56. The summed E-state index contributed by atoms with van der Waals surface area (Å²) in [5, 5.41) is 16.0. The van der Waals surface area contributed by atoms with Crippen molar-refractivity contribution in [3.63, 3.8) is 0 Å². The molecule has 4 aromatic rings. The summed E-state index contributed by atoms with van der Waals surface area (Å²) >= 11 is 1.89. The lowest BCUT2D eigenvalue weighted by atomic mass is 9.95. The molecule has 0 aliphatic carbocycles. The minimum atomic E-state index is -0.706. The Hall–Kier alpha value is -3.72. The molecule has 4 fully saturated rings. The van der Waals surface area contributed by atoms with Crippen molar-refractivity contribution in [3.8, 4) is 35.4 Å². The van der Waals surface area contributed by atoms with Crippen molar-refractivity contribution >= 4 is 39.3 Å². The van der Waals surface area contributed by atoms with Gasteiger partial charge >= 0.3 is 6.01 Å². The molecule has 45 heavy (non-hydrogen) atoms. The monoisotopic (exact) mass is 628 g/mol. The third kappa shape index (κ3) is 4.77. The molecule has 8 nitrogen and oxygen atoms in total. The Morgan fingerprint density at radius 3 is 2.78 bits per heavy atom. The maximum absolute atomic E-state index is 16.8. The van der Waals surface area contributed by atoms with E-state index in [4.69, 9.17) is 16.1 Å². The zero-order chi connectivity index (χ0) is 30.9. The van der Waals surface area contributed by atoms with Crippen LogP contribution in [0, 0.1) is 24.0 Å². The Kier molecular flexibility index (Phi) is 7.00. The number of hydrogen-bond donors (Lipinski definition) is 2. The van der Waals surface area contributed by atoms with Gasteiger partial charge in [-0.25, -0.2) is 8.78 Å². The van der Waals surface area contributed by atoms with E-state index in [1.807, 2.05) is 11.8 Å². The normalized spacial score (nSPS) is 26.1. The molecule has 0 saturated carbocycles. The van der Waals surface area contributed by atoms with E-state index in [2.05, 4.69) is 37.3 Å². The molecule has 2 aromatic carbocycles. The third-order valence-electron chi connectivity index (χ3n) is 10.2. The fraction of sp³-hybridized carbons (Fsp3) is 0.441. The smallest absolute Gasteiger partial charge is 0.319 e. The molecule has 4 aliphatic rings. The SMILES string of the molecule is C#Cc1c(F)ccc2cc(O)cc(-c3ncc4c(N5CC6CCC(C5)N6)nc(OC[C@@]56CCCN5C[C@@H](SC)C6)nc4c3F)c12. The predicted molar refractivity (Wildman–Crippen MR) is 173 cm³/mol. The number of anilines is 1. The van der Waals surface area contributed by atoms with Crippen LogP contribution in [0.15, 0.2) is 30.5 Å². The molecule has 2 aromatic heterocycles. The van der Waals surface area contributed by atoms with Gasteiger partial charge in [0.25, 0.3) is 0 Å². The van der Waals surface area contributed by atoms with Crippen LogP contribution in [0.25, 0.3) is 32.9 Å². The van der Waals surface area contributed by atoms with Crippen molar-refractivity contribution in [3.05, 3.63) is 47.7 Å². The van der Waals surface area contributed by atoms with Gasteiger partial charge in [-0.15, -0.1) is 6.42 Å². The lowest BCUT2D eigenvalue weighted by molar-refractivity contribution is 0.108. The fourth-order valence-electron chi connectivity index (χ4n) is 8.06. The van der Waals surface area contributed by atoms with Gasteiger partial charge in [0.15, 0.2) is 5.82 Å². The van der Waals surface area contributed by atoms with Crippen molar-refractivity contribution < 1.29 is 18.6 Å². The summed E-state index contributed by atoms with van der Waals surface area (Å²) in [4.78, 5) is 18.8. The molecule has 2 bridgehead atoms. The van der Waals surface area contributed by atoms with Crippen LogP contribution in [-0.2, 0) is 0 Å². The number of ether oxygens (including phenoxy) is 1. The van der Waals surface area contributed by atoms with E-state index >= 15 is 4.39 Å². The van der Waals surface area contributed by atoms with E-state index in [1.54, 1.807) is 6.20 Å². The Morgan fingerprint density at radius 2 is 2.00 bits per heavy atom. The molecule has 0 spiro atoms. The summed E-state index contributed by atoms with van der Waals surface area (Å²) < 4.78 is 38.1. The molecule has 232 valence electrons. The van der Waals surface area contributed by atoms with Crippen molar-refractivity contribution in [2.24, 2.45) is 0 Å². The van der Waals surface area contributed by atoms with Gasteiger partial charge in [-0.05, 0) is 68.5 Å². The standard InChI is InChI=1S/C34H34F2N6O2S/c1-3-24-27(35)8-5-19-11-22(43)12-25(28(19)24)30-29(36)31-26(14-37-30)32(41-15-20-6-7-21(16-41)38-20)40-33(39-31)44-18-34-9-4-10-42(34)17-23(13-34)45-2/h1,5,8,11-12,14,20-21,23,38,43H,4,6-7,9-10,13,15-18H2,2H3/t20?,21?,23-,34-/m0/s1. The minimum absolute atomic E-state index is 0.0204. The number of thioether (sulfide) groups is 1. The number of aromatic nitrogens is 3. The summed E-state index contributed by atoms with van der Waals surface area (Å²) in [6, 6.07) is 6.38. The van der Waals surface area contributed by atoms with Crippen molar-refractivity contribution in [1.29, 1.82) is 0 Å². The number of benzene rings is 2. The lowest BCUT2D eigenvalue weighted by Gasteiger charge is -2.34. The average molecular weight is 629 g/mol. The first-order valence-electron chi connectivity index (χ1n) is 15.6. The number of hydrogen-bond acceptors (Lipinski definition) is 9. The van der Waals surface area contributed by atoms with Gasteiger partial charge in [-0.1, -0.05) is 12.0 Å². The van der Waals surface area contributed by atoms with E-state index in [0.29, 0.717) is 45.9 Å². The van der Waals surface area contributed by atoms with E-state index in [-0.39, 0.29) is 39.6 Å². The first kappa shape index (κ1) is 28.7. The highest BCUT2D eigenvalue weighted by Crippen LogP contribution is 2.43. The van der Waals surface area contributed by atoms with E-state index in [1.165, 1.54) is 24.3 Å². The number of piperazine rings is 1. The number of terminal acetylenes is 1. The average Bonchev–Trinajstić information content (AvgIpc) is 3.71. The summed E-state index contributed by atoms with van der Waals surface area (Å²) in [6.07, 6.45) is 14.8. The first-order chi connectivity index (χ1) is 21.9. The number of nitrogens with one attached hydrogen (secondary N) is 1. The number of aromatic hydroxyl groups is 1. The molecule has 8 rings (SSSR count). The zero-order valence-electron chi connectivity index (χ0n) is 25.0. The Bertz CT molecular complexity index is 1870. The van der Waals surface area contributed by atoms with Gasteiger partial charge in [0.05, 0.1) is 16.5 Å². The Labute approximate surface area is 264 Å². The van der Waals surface area contributed by atoms with Gasteiger partial charge in [0.2, 0.25) is 0 Å². The molecule has 2 unspecified atom stereocenters. The topological polar surface area (TPSA) is 86.6 Å². The highest BCUT2D eigenvalue weighted by molar-refractivity contribution is 7.99. The molecule has 2 N–H and O–H groups in total. The zero-order valence-corrected chi connectivity index (χ0v) is 25.8. The lowest BCUT2D eigenvalue weighted by Crippen LogP contribution is -2.51. The number of halogens is 2. The molecule has 4 atom stereocenters. The first-order valence-corrected chi connectivity index (χ1v) is 16.8. The molecule has 4 saturated heterocycles. The number of pyridine rings is 1. The third-order valence-corrected chi connectivity index (χ3v) is 11.2. The van der Waals surface area contributed by atoms with Crippen LogP contribution in [0.5, 0.6) is 11.8 Å². The number of nitrogens with zero attached hydrogens (tertiary/aromatic N) is 5. The van der Waals surface area contributed by atoms with E-state index < -0.39 is 11.6 Å². The van der Waals surface area contributed by atoms with Crippen LogP contribution in [0.4, 0.5) is 14.6 Å². The number of rotatable bonds is 6. The summed E-state index contributed by atoms with van der Waals surface area (Å²) in [5.41, 5.74) is 0.0800. The summed E-state index contributed by atoms with van der Waals surface area (Å²) in [6.45, 7) is 4.00. The largest absolute Gasteiger partial charge is 0.508 e. The van der Waals surface area contributed by atoms with Gasteiger partial charge in [0.1, 0.15) is 35.2 Å². The molecule has 6 heterocycles. The van der Waals surface area contributed by atoms with Crippen LogP contribution >= 0.6 is 11.8 Å². The van der Waals surface area contributed by atoms with Crippen LogP contribution < -0.4 is 15.0 Å². The molecule has 4 aliphatic heterocycles. The van der Waals surface area contributed by atoms with Crippen LogP contribution in [0.2, 0.25) is 0 Å². The van der Waals surface area contributed by atoms with Gasteiger partial charge in [-0.3, -0.25) is 9.88 Å². The van der Waals surface area contributed by atoms with Crippen LogP contribution in [-0.4, -0.2) is 86.9 Å². The summed E-state index contributed by atoms with van der Waals surface area (Å²) in [7, 11) is 0.